The standard InChI is InChI=1S/C17H22N2O5/c20-15(18-10-6-2-1-3-9-16(21)22)11-14-17(23)19-12-7-4-5-8-13(12)24-14/h4-5,7-8,14H,1-3,6,9-11H2,(H,18,20)(H,19,23)(H,21,22). The van der Waals surface area contributed by atoms with Gasteiger partial charge in [-0.2, -0.15) is 0 Å². The minimum absolute atomic E-state index is 0.0286. The molecule has 0 fully saturated rings. The van der Waals surface area contributed by atoms with Crippen molar-refractivity contribution in [3.63, 3.8) is 0 Å². The van der Waals surface area contributed by atoms with Gasteiger partial charge in [0.25, 0.3) is 5.91 Å². The van der Waals surface area contributed by atoms with Crippen molar-refractivity contribution < 1.29 is 24.2 Å². The normalized spacial score (nSPS) is 15.8. The summed E-state index contributed by atoms with van der Waals surface area (Å²) in [5.74, 6) is -0.776. The predicted molar refractivity (Wildman–Crippen MR) is 87.8 cm³/mol. The third-order valence-corrected chi connectivity index (χ3v) is 3.72. The maximum absolute atomic E-state index is 11.9. The van der Waals surface area contributed by atoms with Crippen LogP contribution < -0.4 is 15.4 Å². The highest BCUT2D eigenvalue weighted by atomic mass is 16.5. The van der Waals surface area contributed by atoms with Crippen molar-refractivity contribution in [2.24, 2.45) is 0 Å². The average molecular weight is 334 g/mol. The molecule has 1 aliphatic rings. The number of carboxylic acid groups (broad SMARTS) is 1. The van der Waals surface area contributed by atoms with E-state index in [0.29, 0.717) is 24.4 Å². The number of hydrogen-bond acceptors (Lipinski definition) is 4. The van der Waals surface area contributed by atoms with Crippen LogP contribution in [-0.2, 0) is 14.4 Å². The van der Waals surface area contributed by atoms with Gasteiger partial charge in [0.1, 0.15) is 5.75 Å². The summed E-state index contributed by atoms with van der Waals surface area (Å²) < 4.78 is 5.57. The number of amides is 2. The molecule has 0 saturated heterocycles. The average Bonchev–Trinajstić information content (AvgIpc) is 2.54. The number of nitrogens with one attached hydrogen (secondary N) is 2. The van der Waals surface area contributed by atoms with Gasteiger partial charge in [-0.1, -0.05) is 25.0 Å². The summed E-state index contributed by atoms with van der Waals surface area (Å²) in [7, 11) is 0. The Hall–Kier alpha value is -2.57. The van der Waals surface area contributed by atoms with Crippen molar-refractivity contribution in [1.82, 2.24) is 5.32 Å². The van der Waals surface area contributed by atoms with E-state index < -0.39 is 12.1 Å². The lowest BCUT2D eigenvalue weighted by molar-refractivity contribution is -0.137. The Labute approximate surface area is 140 Å². The molecule has 1 atom stereocenters. The minimum atomic E-state index is -0.824. The Balaban J connectivity index is 1.64. The summed E-state index contributed by atoms with van der Waals surface area (Å²) in [5, 5.41) is 14.0. The molecule has 1 aromatic rings. The zero-order valence-corrected chi connectivity index (χ0v) is 13.4. The van der Waals surface area contributed by atoms with Crippen LogP contribution in [-0.4, -0.2) is 35.5 Å². The van der Waals surface area contributed by atoms with Gasteiger partial charge in [0.05, 0.1) is 12.1 Å². The lowest BCUT2D eigenvalue weighted by Gasteiger charge is -2.25. The van der Waals surface area contributed by atoms with Crippen LogP contribution in [0.1, 0.15) is 38.5 Å². The number of benzene rings is 1. The molecule has 1 aliphatic heterocycles. The van der Waals surface area contributed by atoms with Crippen LogP contribution in [0.2, 0.25) is 0 Å². The van der Waals surface area contributed by atoms with Crippen LogP contribution in [0.25, 0.3) is 0 Å². The lowest BCUT2D eigenvalue weighted by atomic mass is 10.1. The van der Waals surface area contributed by atoms with E-state index in [1.807, 2.05) is 0 Å². The van der Waals surface area contributed by atoms with Crippen LogP contribution in [0.15, 0.2) is 24.3 Å². The highest BCUT2D eigenvalue weighted by molar-refractivity contribution is 5.99. The molecule has 24 heavy (non-hydrogen) atoms. The molecule has 0 aromatic heterocycles. The summed E-state index contributed by atoms with van der Waals surface area (Å²) in [6.07, 6.45) is 2.45. The largest absolute Gasteiger partial charge is 0.481 e. The summed E-state index contributed by atoms with van der Waals surface area (Å²) in [5.41, 5.74) is 0.612. The number of ether oxygens (including phenoxy) is 1. The molecule has 1 unspecified atom stereocenters. The smallest absolute Gasteiger partial charge is 0.303 e. The highest BCUT2D eigenvalue weighted by Crippen LogP contribution is 2.29. The van der Waals surface area contributed by atoms with Gasteiger partial charge in [-0.05, 0) is 25.0 Å². The first-order chi connectivity index (χ1) is 11.6. The highest BCUT2D eigenvalue weighted by Gasteiger charge is 2.29. The summed E-state index contributed by atoms with van der Waals surface area (Å²) in [6, 6.07) is 7.09. The van der Waals surface area contributed by atoms with Crippen LogP contribution in [0, 0.1) is 0 Å². The Morgan fingerprint density at radius 3 is 2.71 bits per heavy atom. The van der Waals surface area contributed by atoms with Gasteiger partial charge in [-0.15, -0.1) is 0 Å². The van der Waals surface area contributed by atoms with E-state index in [0.717, 1.165) is 19.3 Å². The monoisotopic (exact) mass is 334 g/mol. The van der Waals surface area contributed by atoms with E-state index in [1.54, 1.807) is 24.3 Å². The molecule has 7 heteroatoms. The van der Waals surface area contributed by atoms with Crippen molar-refractivity contribution in [2.45, 2.75) is 44.6 Å². The van der Waals surface area contributed by atoms with Gasteiger partial charge in [0, 0.05) is 13.0 Å². The van der Waals surface area contributed by atoms with E-state index in [9.17, 15) is 14.4 Å². The SMILES string of the molecule is O=C(O)CCCCCCNC(=O)CC1Oc2ccccc2NC1=O. The van der Waals surface area contributed by atoms with Crippen molar-refractivity contribution in [3.8, 4) is 5.75 Å². The van der Waals surface area contributed by atoms with Crippen LogP contribution in [0.5, 0.6) is 5.75 Å². The van der Waals surface area contributed by atoms with Gasteiger partial charge in [0.2, 0.25) is 5.91 Å². The molecule has 0 saturated carbocycles. The number of aliphatic carboxylic acids is 1. The van der Waals surface area contributed by atoms with E-state index in [-0.39, 0.29) is 24.7 Å². The van der Waals surface area contributed by atoms with Gasteiger partial charge >= 0.3 is 5.97 Å². The summed E-state index contributed by atoms with van der Waals surface area (Å²) >= 11 is 0. The fourth-order valence-corrected chi connectivity index (χ4v) is 2.45. The molecule has 7 nitrogen and oxygen atoms in total. The number of anilines is 1. The third kappa shape index (κ3) is 5.57. The Morgan fingerprint density at radius 2 is 1.92 bits per heavy atom. The molecule has 1 heterocycles. The third-order valence-electron chi connectivity index (χ3n) is 3.72. The van der Waals surface area contributed by atoms with Crippen molar-refractivity contribution in [1.29, 1.82) is 0 Å². The fourth-order valence-electron chi connectivity index (χ4n) is 2.45. The number of carbonyl (C=O) groups is 3. The van der Waals surface area contributed by atoms with Gasteiger partial charge in [0.15, 0.2) is 6.10 Å². The topological polar surface area (TPSA) is 105 Å². The predicted octanol–water partition coefficient (Wildman–Crippen LogP) is 1.93. The number of para-hydroxylation sites is 2. The van der Waals surface area contributed by atoms with Crippen LogP contribution >= 0.6 is 0 Å². The molecule has 0 bridgehead atoms. The first-order valence-corrected chi connectivity index (χ1v) is 8.11. The second kappa shape index (κ2) is 8.90. The first kappa shape index (κ1) is 17.8. The van der Waals surface area contributed by atoms with E-state index in [1.165, 1.54) is 0 Å². The number of rotatable bonds is 9. The van der Waals surface area contributed by atoms with E-state index in [2.05, 4.69) is 10.6 Å². The molecule has 0 aliphatic carbocycles. The summed E-state index contributed by atoms with van der Waals surface area (Å²) in [6.45, 7) is 0.511. The quantitative estimate of drug-likeness (QED) is 0.599. The number of unbranched alkanes of at least 4 members (excludes halogenated alkanes) is 3. The minimum Gasteiger partial charge on any atom is -0.481 e. The van der Waals surface area contributed by atoms with Crippen molar-refractivity contribution in [3.05, 3.63) is 24.3 Å². The second-order valence-electron chi connectivity index (χ2n) is 5.70. The van der Waals surface area contributed by atoms with Gasteiger partial charge in [-0.3, -0.25) is 14.4 Å². The Morgan fingerprint density at radius 1 is 1.17 bits per heavy atom. The summed E-state index contributed by atoms with van der Waals surface area (Å²) in [4.78, 5) is 34.2. The zero-order valence-electron chi connectivity index (χ0n) is 13.4. The molecule has 0 radical (unpaired) electrons. The molecule has 3 N–H and O–H groups in total. The van der Waals surface area contributed by atoms with Gasteiger partial charge < -0.3 is 20.5 Å². The molecular formula is C17H22N2O5. The lowest BCUT2D eigenvalue weighted by Crippen LogP contribution is -2.41. The number of hydrogen-bond donors (Lipinski definition) is 3. The van der Waals surface area contributed by atoms with Crippen molar-refractivity contribution >= 4 is 23.5 Å². The van der Waals surface area contributed by atoms with E-state index in [4.69, 9.17) is 9.84 Å². The van der Waals surface area contributed by atoms with Crippen LogP contribution in [0.3, 0.4) is 0 Å². The first-order valence-electron chi connectivity index (χ1n) is 8.11. The van der Waals surface area contributed by atoms with Crippen LogP contribution in [0.4, 0.5) is 5.69 Å². The number of carboxylic acids is 1. The molecule has 130 valence electrons. The fraction of sp³-hybridized carbons (Fsp3) is 0.471. The Bertz CT molecular complexity index is 602. The molecule has 1 aromatic carbocycles. The zero-order chi connectivity index (χ0) is 17.4. The molecular weight excluding hydrogens is 312 g/mol. The molecule has 0 spiro atoms. The second-order valence-corrected chi connectivity index (χ2v) is 5.70. The molecule has 2 rings (SSSR count). The number of fused-ring (bicyclic) bond motifs is 1. The van der Waals surface area contributed by atoms with E-state index >= 15 is 0 Å². The maximum Gasteiger partial charge on any atom is 0.303 e. The number of carbonyl (C=O) groups excluding carboxylic acids is 2. The Kier molecular flexibility index (Phi) is 6.60. The van der Waals surface area contributed by atoms with Gasteiger partial charge in [-0.25, -0.2) is 0 Å². The van der Waals surface area contributed by atoms with Crippen molar-refractivity contribution in [2.75, 3.05) is 11.9 Å². The maximum atomic E-state index is 11.9. The molecule has 2 amide bonds.